The van der Waals surface area contributed by atoms with Gasteiger partial charge >= 0.3 is 11.9 Å². The van der Waals surface area contributed by atoms with Gasteiger partial charge in [0, 0.05) is 5.57 Å². The summed E-state index contributed by atoms with van der Waals surface area (Å²) in [7, 11) is 0. The van der Waals surface area contributed by atoms with Gasteiger partial charge in [-0.2, -0.15) is 0 Å². The van der Waals surface area contributed by atoms with Crippen molar-refractivity contribution < 1.29 is 14.3 Å². The number of cyclic esters (lactones) is 2. The Balaban J connectivity index is 2.07. The van der Waals surface area contributed by atoms with Gasteiger partial charge < -0.3 is 4.74 Å². The highest BCUT2D eigenvalue weighted by Gasteiger charge is 2.25. The topological polar surface area (TPSA) is 43.4 Å². The molecular weight excluding hydrogens is 204 g/mol. The summed E-state index contributed by atoms with van der Waals surface area (Å²) in [6.07, 6.45) is 5.28. The first-order valence-corrected chi connectivity index (χ1v) is 4.93. The van der Waals surface area contributed by atoms with Crippen LogP contribution in [0.3, 0.4) is 0 Å². The average Bonchev–Trinajstić information content (AvgIpc) is 2.59. The largest absolute Gasteiger partial charge is 0.389 e. The molecule has 16 heavy (non-hydrogen) atoms. The van der Waals surface area contributed by atoms with Crippen LogP contribution in [0.2, 0.25) is 0 Å². The van der Waals surface area contributed by atoms with Gasteiger partial charge in [0.05, 0.1) is 6.42 Å². The fourth-order valence-electron chi connectivity index (χ4n) is 1.40. The normalized spacial score (nSPS) is 18.4. The third-order valence-corrected chi connectivity index (χ3v) is 2.19. The van der Waals surface area contributed by atoms with Gasteiger partial charge in [-0.3, -0.25) is 4.79 Å². The number of rotatable bonds is 2. The maximum absolute atomic E-state index is 11.1. The molecule has 1 saturated heterocycles. The standard InChI is InChI=1S/C13H10O3/c14-12-9-11(13(15)16-12)8-4-7-10-5-2-1-3-6-10/h1-8H,9H2. The molecule has 1 aromatic carbocycles. The van der Waals surface area contributed by atoms with E-state index in [0.29, 0.717) is 5.57 Å². The fourth-order valence-corrected chi connectivity index (χ4v) is 1.40. The van der Waals surface area contributed by atoms with Crippen molar-refractivity contribution in [3.8, 4) is 0 Å². The Kier molecular flexibility index (Phi) is 2.96. The molecular formula is C13H10O3. The maximum Gasteiger partial charge on any atom is 0.342 e. The average molecular weight is 214 g/mol. The summed E-state index contributed by atoms with van der Waals surface area (Å²) in [5.41, 5.74) is 1.44. The monoisotopic (exact) mass is 214 g/mol. The lowest BCUT2D eigenvalue weighted by atomic mass is 10.1. The van der Waals surface area contributed by atoms with E-state index in [1.165, 1.54) is 0 Å². The molecule has 3 heteroatoms. The van der Waals surface area contributed by atoms with Gasteiger partial charge in [0.15, 0.2) is 0 Å². The molecule has 1 aliphatic heterocycles. The minimum Gasteiger partial charge on any atom is -0.389 e. The van der Waals surface area contributed by atoms with E-state index < -0.39 is 11.9 Å². The van der Waals surface area contributed by atoms with E-state index in [2.05, 4.69) is 4.74 Å². The summed E-state index contributed by atoms with van der Waals surface area (Å²) in [5.74, 6) is -1.02. The molecule has 0 N–H and O–H groups in total. The van der Waals surface area contributed by atoms with Crippen LogP contribution in [0.15, 0.2) is 48.1 Å². The second-order valence-corrected chi connectivity index (χ2v) is 3.40. The van der Waals surface area contributed by atoms with E-state index in [-0.39, 0.29) is 6.42 Å². The highest BCUT2D eigenvalue weighted by atomic mass is 16.6. The van der Waals surface area contributed by atoms with Crippen LogP contribution in [0, 0.1) is 0 Å². The molecule has 0 unspecified atom stereocenters. The first kappa shape index (κ1) is 10.4. The van der Waals surface area contributed by atoms with E-state index in [0.717, 1.165) is 5.56 Å². The molecule has 0 aromatic heterocycles. The Labute approximate surface area is 93.0 Å². The second kappa shape index (κ2) is 4.57. The lowest BCUT2D eigenvalue weighted by Crippen LogP contribution is -1.96. The lowest BCUT2D eigenvalue weighted by Gasteiger charge is -1.89. The Bertz CT molecular complexity index is 469. The number of carbonyl (C=O) groups excluding carboxylic acids is 2. The molecule has 0 saturated carbocycles. The number of allylic oxidation sites excluding steroid dienone is 2. The molecule has 80 valence electrons. The number of hydrogen-bond donors (Lipinski definition) is 0. The summed E-state index contributed by atoms with van der Waals surface area (Å²) in [5, 5.41) is 0. The van der Waals surface area contributed by atoms with Gasteiger partial charge in [0.2, 0.25) is 0 Å². The van der Waals surface area contributed by atoms with Crippen LogP contribution >= 0.6 is 0 Å². The van der Waals surface area contributed by atoms with E-state index in [1.54, 1.807) is 12.2 Å². The van der Waals surface area contributed by atoms with Crippen molar-refractivity contribution in [1.29, 1.82) is 0 Å². The van der Waals surface area contributed by atoms with Gasteiger partial charge in [-0.05, 0) is 5.56 Å². The zero-order valence-electron chi connectivity index (χ0n) is 8.55. The molecule has 2 rings (SSSR count). The first-order valence-electron chi connectivity index (χ1n) is 4.93. The van der Waals surface area contributed by atoms with Crippen molar-refractivity contribution in [1.82, 2.24) is 0 Å². The Hall–Kier alpha value is -2.16. The lowest BCUT2D eigenvalue weighted by molar-refractivity contribution is -0.151. The number of ether oxygens (including phenoxy) is 1. The van der Waals surface area contributed by atoms with Crippen LogP contribution in [-0.4, -0.2) is 11.9 Å². The summed E-state index contributed by atoms with van der Waals surface area (Å²) < 4.78 is 4.40. The van der Waals surface area contributed by atoms with E-state index in [1.807, 2.05) is 36.4 Å². The predicted molar refractivity (Wildman–Crippen MR) is 59.3 cm³/mol. The smallest absolute Gasteiger partial charge is 0.342 e. The molecule has 0 aliphatic carbocycles. The third-order valence-electron chi connectivity index (χ3n) is 2.19. The van der Waals surface area contributed by atoms with Crippen molar-refractivity contribution in [2.45, 2.75) is 6.42 Å². The molecule has 0 atom stereocenters. The van der Waals surface area contributed by atoms with Crippen molar-refractivity contribution in [3.05, 3.63) is 53.6 Å². The zero-order valence-corrected chi connectivity index (χ0v) is 8.55. The van der Waals surface area contributed by atoms with E-state index in [9.17, 15) is 9.59 Å². The van der Waals surface area contributed by atoms with Crippen molar-refractivity contribution >= 4 is 18.0 Å². The SMILES string of the molecule is O=C1CC(=CC=Cc2ccccc2)C(=O)O1. The molecule has 3 nitrogen and oxygen atoms in total. The molecule has 1 aliphatic rings. The van der Waals surface area contributed by atoms with Gasteiger partial charge in [0.1, 0.15) is 0 Å². The zero-order chi connectivity index (χ0) is 11.4. The first-order chi connectivity index (χ1) is 7.75. The van der Waals surface area contributed by atoms with Crippen molar-refractivity contribution in [2.24, 2.45) is 0 Å². The number of benzene rings is 1. The molecule has 1 heterocycles. The molecule has 0 bridgehead atoms. The van der Waals surface area contributed by atoms with Gasteiger partial charge in [-0.1, -0.05) is 48.6 Å². The maximum atomic E-state index is 11.1. The summed E-state index contributed by atoms with van der Waals surface area (Å²) in [6, 6.07) is 9.70. The fraction of sp³-hybridized carbons (Fsp3) is 0.0769. The Morgan fingerprint density at radius 1 is 1.12 bits per heavy atom. The number of esters is 2. The molecule has 0 radical (unpaired) electrons. The quantitative estimate of drug-likeness (QED) is 0.430. The van der Waals surface area contributed by atoms with Crippen molar-refractivity contribution in [3.63, 3.8) is 0 Å². The minimum absolute atomic E-state index is 0.0674. The van der Waals surface area contributed by atoms with Crippen LogP contribution in [0.4, 0.5) is 0 Å². The Morgan fingerprint density at radius 2 is 1.88 bits per heavy atom. The van der Waals surface area contributed by atoms with Crippen LogP contribution in [0.5, 0.6) is 0 Å². The predicted octanol–water partition coefficient (Wildman–Crippen LogP) is 2.10. The number of carbonyl (C=O) groups is 2. The third kappa shape index (κ3) is 2.45. The van der Waals surface area contributed by atoms with Crippen molar-refractivity contribution in [2.75, 3.05) is 0 Å². The summed E-state index contributed by atoms with van der Waals surface area (Å²) in [4.78, 5) is 21.9. The van der Waals surface area contributed by atoms with E-state index >= 15 is 0 Å². The number of hydrogen-bond acceptors (Lipinski definition) is 3. The highest BCUT2D eigenvalue weighted by Crippen LogP contribution is 2.14. The molecule has 0 amide bonds. The minimum atomic E-state index is -0.539. The van der Waals surface area contributed by atoms with Gasteiger partial charge in [0.25, 0.3) is 0 Å². The van der Waals surface area contributed by atoms with Crippen LogP contribution < -0.4 is 0 Å². The van der Waals surface area contributed by atoms with Crippen LogP contribution in [0.1, 0.15) is 12.0 Å². The molecule has 1 fully saturated rings. The molecule has 0 spiro atoms. The van der Waals surface area contributed by atoms with Gasteiger partial charge in [-0.25, -0.2) is 4.79 Å². The van der Waals surface area contributed by atoms with Crippen LogP contribution in [0.25, 0.3) is 6.08 Å². The highest BCUT2D eigenvalue weighted by molar-refractivity contribution is 6.06. The second-order valence-electron chi connectivity index (χ2n) is 3.40. The van der Waals surface area contributed by atoms with Gasteiger partial charge in [-0.15, -0.1) is 0 Å². The summed E-state index contributed by atoms with van der Waals surface area (Å²) >= 11 is 0. The van der Waals surface area contributed by atoms with E-state index in [4.69, 9.17) is 0 Å². The van der Waals surface area contributed by atoms with Crippen LogP contribution in [-0.2, 0) is 14.3 Å². The molecule has 1 aromatic rings. The summed E-state index contributed by atoms with van der Waals surface area (Å²) in [6.45, 7) is 0. The Morgan fingerprint density at radius 3 is 2.50 bits per heavy atom.